The molecule has 0 radical (unpaired) electrons. The van der Waals surface area contributed by atoms with Gasteiger partial charge in [-0.1, -0.05) is 46.8 Å². The molecule has 0 spiro atoms. The van der Waals surface area contributed by atoms with E-state index >= 15 is 0 Å². The van der Waals surface area contributed by atoms with Crippen LogP contribution in [0.3, 0.4) is 0 Å². The van der Waals surface area contributed by atoms with E-state index in [2.05, 4.69) is 20.2 Å². The molecule has 8 heteroatoms. The van der Waals surface area contributed by atoms with Crippen LogP contribution in [-0.4, -0.2) is 20.2 Å². The molecule has 1 aromatic carbocycles. The molecular weight excluding hydrogens is 359 g/mol. The molecule has 0 saturated heterocycles. The standard InChI is InChI=1S/C14H10Cl2N4S2/c15-6-9-2-1-3-11(16)10(9)8-21-14-20-19-13(22-14)12-7-17-4-5-18-12/h1-5,7H,6,8H2. The maximum Gasteiger partial charge on any atom is 0.175 e. The maximum atomic E-state index is 6.25. The van der Waals surface area contributed by atoms with E-state index in [9.17, 15) is 0 Å². The normalized spacial score (nSPS) is 10.8. The Labute approximate surface area is 145 Å². The molecule has 0 bridgehead atoms. The van der Waals surface area contributed by atoms with Gasteiger partial charge in [-0.15, -0.1) is 21.8 Å². The molecule has 2 heterocycles. The zero-order valence-corrected chi connectivity index (χ0v) is 14.4. The number of halogens is 2. The van der Waals surface area contributed by atoms with Crippen molar-refractivity contribution in [1.82, 2.24) is 20.2 Å². The summed E-state index contributed by atoms with van der Waals surface area (Å²) < 4.78 is 0.862. The number of alkyl halides is 1. The molecule has 4 nitrogen and oxygen atoms in total. The number of hydrogen-bond donors (Lipinski definition) is 0. The summed E-state index contributed by atoms with van der Waals surface area (Å²) in [6, 6.07) is 5.77. The summed E-state index contributed by atoms with van der Waals surface area (Å²) >= 11 is 15.3. The first-order chi connectivity index (χ1) is 10.8. The number of aromatic nitrogens is 4. The fourth-order valence-electron chi connectivity index (χ4n) is 1.81. The monoisotopic (exact) mass is 368 g/mol. The summed E-state index contributed by atoms with van der Waals surface area (Å²) in [7, 11) is 0. The van der Waals surface area contributed by atoms with E-state index in [1.165, 1.54) is 11.3 Å². The summed E-state index contributed by atoms with van der Waals surface area (Å²) in [6.07, 6.45) is 4.94. The molecule has 0 atom stereocenters. The van der Waals surface area contributed by atoms with Gasteiger partial charge in [-0.3, -0.25) is 9.97 Å². The molecule has 112 valence electrons. The lowest BCUT2D eigenvalue weighted by Gasteiger charge is -2.07. The summed E-state index contributed by atoms with van der Waals surface area (Å²) in [6.45, 7) is 0. The fraction of sp³-hybridized carbons (Fsp3) is 0.143. The third-order valence-electron chi connectivity index (χ3n) is 2.89. The Balaban J connectivity index is 1.74. The van der Waals surface area contributed by atoms with Crippen molar-refractivity contribution < 1.29 is 0 Å². The Morgan fingerprint density at radius 1 is 1.18 bits per heavy atom. The second-order valence-corrected chi connectivity index (χ2v) is 7.14. The largest absolute Gasteiger partial charge is 0.261 e. The van der Waals surface area contributed by atoms with Gasteiger partial charge in [-0.05, 0) is 17.2 Å². The Morgan fingerprint density at radius 2 is 2.09 bits per heavy atom. The van der Waals surface area contributed by atoms with Crippen molar-refractivity contribution >= 4 is 46.3 Å². The third-order valence-corrected chi connectivity index (χ3v) is 5.64. The van der Waals surface area contributed by atoms with Crippen LogP contribution in [-0.2, 0) is 11.6 Å². The van der Waals surface area contributed by atoms with Crippen molar-refractivity contribution in [2.45, 2.75) is 16.0 Å². The average Bonchev–Trinajstić information content (AvgIpc) is 3.03. The van der Waals surface area contributed by atoms with Gasteiger partial charge in [-0.2, -0.15) is 0 Å². The lowest BCUT2D eigenvalue weighted by molar-refractivity contribution is 1.01. The minimum atomic E-state index is 0.442. The summed E-state index contributed by atoms with van der Waals surface area (Å²) in [4.78, 5) is 8.26. The minimum absolute atomic E-state index is 0.442. The number of hydrogen-bond acceptors (Lipinski definition) is 6. The van der Waals surface area contributed by atoms with Crippen molar-refractivity contribution in [1.29, 1.82) is 0 Å². The van der Waals surface area contributed by atoms with Gasteiger partial charge in [0.05, 0.1) is 6.20 Å². The number of rotatable bonds is 5. The van der Waals surface area contributed by atoms with Crippen LogP contribution in [0.1, 0.15) is 11.1 Å². The van der Waals surface area contributed by atoms with Crippen LogP contribution in [0.25, 0.3) is 10.7 Å². The van der Waals surface area contributed by atoms with Gasteiger partial charge in [0.1, 0.15) is 5.69 Å². The van der Waals surface area contributed by atoms with E-state index in [0.717, 1.165) is 31.2 Å². The van der Waals surface area contributed by atoms with Crippen molar-refractivity contribution in [3.63, 3.8) is 0 Å². The predicted molar refractivity (Wildman–Crippen MR) is 91.5 cm³/mol. The molecule has 0 aliphatic carbocycles. The SMILES string of the molecule is ClCc1cccc(Cl)c1CSc1nnc(-c2cnccn2)s1. The lowest BCUT2D eigenvalue weighted by atomic mass is 10.1. The molecule has 0 fully saturated rings. The molecule has 22 heavy (non-hydrogen) atoms. The van der Waals surface area contributed by atoms with Gasteiger partial charge in [0, 0.05) is 29.0 Å². The maximum absolute atomic E-state index is 6.25. The summed E-state index contributed by atoms with van der Waals surface area (Å²) in [5.74, 6) is 1.15. The van der Waals surface area contributed by atoms with Crippen molar-refractivity contribution in [3.8, 4) is 10.7 Å². The second kappa shape index (κ2) is 7.37. The second-order valence-electron chi connectivity index (χ2n) is 4.26. The quantitative estimate of drug-likeness (QED) is 0.483. The summed E-state index contributed by atoms with van der Waals surface area (Å²) in [5.41, 5.74) is 2.81. The first-order valence-electron chi connectivity index (χ1n) is 6.33. The van der Waals surface area contributed by atoms with Gasteiger partial charge in [0.2, 0.25) is 0 Å². The van der Waals surface area contributed by atoms with Crippen LogP contribution in [0.2, 0.25) is 5.02 Å². The molecule has 0 N–H and O–H groups in total. The summed E-state index contributed by atoms with van der Waals surface area (Å²) in [5, 5.41) is 9.81. The van der Waals surface area contributed by atoms with Gasteiger partial charge < -0.3 is 0 Å². The number of nitrogens with zero attached hydrogens (tertiary/aromatic N) is 4. The van der Waals surface area contributed by atoms with E-state index in [1.807, 2.05) is 18.2 Å². The first-order valence-corrected chi connectivity index (χ1v) is 9.04. The molecule has 0 amide bonds. The van der Waals surface area contributed by atoms with E-state index in [4.69, 9.17) is 23.2 Å². The Morgan fingerprint density at radius 3 is 2.86 bits per heavy atom. The van der Waals surface area contributed by atoms with Gasteiger partial charge in [0.25, 0.3) is 0 Å². The fourth-order valence-corrected chi connectivity index (χ4v) is 4.29. The van der Waals surface area contributed by atoms with Crippen LogP contribution in [0.4, 0.5) is 0 Å². The Bertz CT molecular complexity index is 765. The lowest BCUT2D eigenvalue weighted by Crippen LogP contribution is -1.90. The molecular formula is C14H10Cl2N4S2. The average molecular weight is 369 g/mol. The van der Waals surface area contributed by atoms with E-state index < -0.39 is 0 Å². The van der Waals surface area contributed by atoms with Crippen molar-refractivity contribution in [2.24, 2.45) is 0 Å². The smallest absolute Gasteiger partial charge is 0.175 e. The number of thioether (sulfide) groups is 1. The first kappa shape index (κ1) is 15.7. The highest BCUT2D eigenvalue weighted by molar-refractivity contribution is 8.00. The highest BCUT2D eigenvalue weighted by atomic mass is 35.5. The predicted octanol–water partition coefficient (Wildman–Crippen LogP) is 4.68. The molecule has 0 unspecified atom stereocenters. The molecule has 0 aliphatic heterocycles. The van der Waals surface area contributed by atoms with Gasteiger partial charge >= 0.3 is 0 Å². The van der Waals surface area contributed by atoms with E-state index in [-0.39, 0.29) is 0 Å². The topological polar surface area (TPSA) is 51.6 Å². The van der Waals surface area contributed by atoms with Crippen LogP contribution in [0.15, 0.2) is 41.1 Å². The van der Waals surface area contributed by atoms with Crippen LogP contribution < -0.4 is 0 Å². The third kappa shape index (κ3) is 3.57. The van der Waals surface area contributed by atoms with E-state index in [1.54, 1.807) is 30.4 Å². The number of benzene rings is 1. The molecule has 0 aliphatic rings. The van der Waals surface area contributed by atoms with Crippen LogP contribution >= 0.6 is 46.3 Å². The zero-order chi connectivity index (χ0) is 15.4. The highest BCUT2D eigenvalue weighted by Gasteiger charge is 2.11. The van der Waals surface area contributed by atoms with Crippen molar-refractivity contribution in [2.75, 3.05) is 0 Å². The minimum Gasteiger partial charge on any atom is -0.261 e. The van der Waals surface area contributed by atoms with Gasteiger partial charge in [0.15, 0.2) is 9.35 Å². The zero-order valence-electron chi connectivity index (χ0n) is 11.2. The molecule has 3 aromatic rings. The Kier molecular flexibility index (Phi) is 5.25. The van der Waals surface area contributed by atoms with Gasteiger partial charge in [-0.25, -0.2) is 0 Å². The van der Waals surface area contributed by atoms with Crippen LogP contribution in [0, 0.1) is 0 Å². The van der Waals surface area contributed by atoms with E-state index in [0.29, 0.717) is 11.6 Å². The molecule has 3 rings (SSSR count). The van der Waals surface area contributed by atoms with Crippen molar-refractivity contribution in [3.05, 3.63) is 52.9 Å². The molecule has 2 aromatic heterocycles. The highest BCUT2D eigenvalue weighted by Crippen LogP contribution is 2.33. The Hall–Kier alpha value is -1.21. The molecule has 0 saturated carbocycles. The van der Waals surface area contributed by atoms with Crippen LogP contribution in [0.5, 0.6) is 0 Å².